The molecule has 4 heteroatoms. The fourth-order valence-corrected chi connectivity index (χ4v) is 4.70. The Labute approximate surface area is 115 Å². The zero-order valence-corrected chi connectivity index (χ0v) is 11.5. The average Bonchev–Trinajstić information content (AvgIpc) is 3.24. The average molecular weight is 271 g/mol. The molecule has 4 saturated carbocycles. The van der Waals surface area contributed by atoms with E-state index in [1.54, 1.807) is 0 Å². The van der Waals surface area contributed by atoms with Crippen LogP contribution in [0.1, 0.15) is 32.1 Å². The summed E-state index contributed by atoms with van der Waals surface area (Å²) in [6.45, 7) is 0.703. The Hall–Kier alpha value is -0.280. The van der Waals surface area contributed by atoms with Crippen molar-refractivity contribution in [3.8, 4) is 0 Å². The zero-order valence-electron chi connectivity index (χ0n) is 10.7. The van der Waals surface area contributed by atoms with E-state index in [0.717, 1.165) is 23.7 Å². The highest BCUT2D eigenvalue weighted by Crippen LogP contribution is 2.69. The fourth-order valence-electron chi connectivity index (χ4n) is 4.70. The van der Waals surface area contributed by atoms with Gasteiger partial charge in [-0.15, -0.1) is 12.4 Å². The number of rotatable bonds is 4. The minimum atomic E-state index is 0. The van der Waals surface area contributed by atoms with Crippen LogP contribution in [0.2, 0.25) is 0 Å². The maximum absolute atomic E-state index is 12.1. The minimum Gasteiger partial charge on any atom is -0.354 e. The Balaban J connectivity index is 0.000001000. The van der Waals surface area contributed by atoms with Crippen LogP contribution in [0.25, 0.3) is 0 Å². The standard InChI is InChI=1S/C14H22N2O.ClH/c15-10(7-1-2-7)6-16-14(17)13-11-8-3-4-9(5-8)12(11)13;/h7-13H,1-6,15H2,(H,16,17);1H. The predicted octanol–water partition coefficient (Wildman–Crippen LogP) is 1.55. The van der Waals surface area contributed by atoms with E-state index in [9.17, 15) is 4.79 Å². The lowest BCUT2D eigenvalue weighted by Gasteiger charge is -2.13. The molecule has 5 unspecified atom stereocenters. The Kier molecular flexibility index (Phi) is 3.10. The lowest BCUT2D eigenvalue weighted by molar-refractivity contribution is -0.123. The molecule has 4 rings (SSSR count). The molecule has 5 atom stereocenters. The number of nitrogens with one attached hydrogen (secondary N) is 1. The van der Waals surface area contributed by atoms with Gasteiger partial charge in [-0.25, -0.2) is 0 Å². The van der Waals surface area contributed by atoms with Crippen molar-refractivity contribution < 1.29 is 4.79 Å². The zero-order chi connectivity index (χ0) is 11.6. The highest BCUT2D eigenvalue weighted by atomic mass is 35.5. The third-order valence-electron chi connectivity index (χ3n) is 5.78. The van der Waals surface area contributed by atoms with Crippen molar-refractivity contribution >= 4 is 18.3 Å². The molecule has 2 bridgehead atoms. The molecule has 4 aliphatic rings. The van der Waals surface area contributed by atoms with Gasteiger partial charge in [0.2, 0.25) is 5.91 Å². The van der Waals surface area contributed by atoms with Gasteiger partial charge in [-0.1, -0.05) is 0 Å². The smallest absolute Gasteiger partial charge is 0.223 e. The van der Waals surface area contributed by atoms with Gasteiger partial charge in [-0.3, -0.25) is 4.79 Å². The Morgan fingerprint density at radius 3 is 2.33 bits per heavy atom. The molecule has 0 spiro atoms. The van der Waals surface area contributed by atoms with Crippen molar-refractivity contribution in [2.24, 2.45) is 41.2 Å². The van der Waals surface area contributed by atoms with E-state index in [1.807, 2.05) is 0 Å². The van der Waals surface area contributed by atoms with Crippen LogP contribution in [0.15, 0.2) is 0 Å². The second-order valence-electron chi connectivity index (χ2n) is 6.76. The number of hydrogen-bond donors (Lipinski definition) is 2. The van der Waals surface area contributed by atoms with Crippen molar-refractivity contribution in [3.05, 3.63) is 0 Å². The topological polar surface area (TPSA) is 55.1 Å². The highest BCUT2D eigenvalue weighted by Gasteiger charge is 2.67. The normalized spacial score (nSPS) is 45.1. The molecule has 18 heavy (non-hydrogen) atoms. The van der Waals surface area contributed by atoms with Gasteiger partial charge in [0.15, 0.2) is 0 Å². The van der Waals surface area contributed by atoms with Gasteiger partial charge in [0.25, 0.3) is 0 Å². The fraction of sp³-hybridized carbons (Fsp3) is 0.929. The van der Waals surface area contributed by atoms with Crippen LogP contribution in [0.4, 0.5) is 0 Å². The van der Waals surface area contributed by atoms with Gasteiger partial charge in [-0.05, 0) is 61.7 Å². The highest BCUT2D eigenvalue weighted by molar-refractivity contribution is 5.85. The first-order valence-corrected chi connectivity index (χ1v) is 7.29. The van der Waals surface area contributed by atoms with Gasteiger partial charge in [0, 0.05) is 18.5 Å². The number of carbonyl (C=O) groups is 1. The van der Waals surface area contributed by atoms with Crippen LogP contribution in [0.5, 0.6) is 0 Å². The molecule has 4 fully saturated rings. The summed E-state index contributed by atoms with van der Waals surface area (Å²) in [4.78, 5) is 12.1. The Morgan fingerprint density at radius 1 is 1.17 bits per heavy atom. The van der Waals surface area contributed by atoms with Crippen molar-refractivity contribution in [1.82, 2.24) is 5.32 Å². The summed E-state index contributed by atoms with van der Waals surface area (Å²) >= 11 is 0. The van der Waals surface area contributed by atoms with Crippen molar-refractivity contribution in [1.29, 1.82) is 0 Å². The lowest BCUT2D eigenvalue weighted by atomic mass is 10.0. The van der Waals surface area contributed by atoms with Gasteiger partial charge in [0.05, 0.1) is 0 Å². The first kappa shape index (κ1) is 12.7. The summed E-state index contributed by atoms with van der Waals surface area (Å²) < 4.78 is 0. The van der Waals surface area contributed by atoms with Crippen molar-refractivity contribution in [3.63, 3.8) is 0 Å². The molecule has 4 aliphatic carbocycles. The quantitative estimate of drug-likeness (QED) is 0.815. The molecule has 0 aromatic rings. The molecule has 0 heterocycles. The molecule has 0 aromatic carbocycles. The first-order chi connectivity index (χ1) is 8.25. The number of fused-ring (bicyclic) bond motifs is 5. The second kappa shape index (κ2) is 4.38. The monoisotopic (exact) mass is 270 g/mol. The summed E-state index contributed by atoms with van der Waals surface area (Å²) in [7, 11) is 0. The number of hydrogen-bond acceptors (Lipinski definition) is 2. The van der Waals surface area contributed by atoms with Crippen LogP contribution in [0, 0.1) is 35.5 Å². The molecular formula is C14H23ClN2O. The third kappa shape index (κ3) is 1.87. The predicted molar refractivity (Wildman–Crippen MR) is 72.3 cm³/mol. The number of amides is 1. The molecule has 0 saturated heterocycles. The lowest BCUT2D eigenvalue weighted by Crippen LogP contribution is -2.39. The maximum Gasteiger partial charge on any atom is 0.223 e. The van der Waals surface area contributed by atoms with Crippen LogP contribution in [0.3, 0.4) is 0 Å². The second-order valence-corrected chi connectivity index (χ2v) is 6.76. The Bertz CT molecular complexity index is 342. The summed E-state index contributed by atoms with van der Waals surface area (Å²) in [5.74, 6) is 4.65. The number of carbonyl (C=O) groups excluding carboxylic acids is 1. The number of nitrogens with two attached hydrogens (primary N) is 1. The van der Waals surface area contributed by atoms with E-state index in [-0.39, 0.29) is 18.4 Å². The Morgan fingerprint density at radius 2 is 1.78 bits per heavy atom. The maximum atomic E-state index is 12.1. The van der Waals surface area contributed by atoms with E-state index in [0.29, 0.717) is 24.3 Å². The van der Waals surface area contributed by atoms with E-state index >= 15 is 0 Å². The van der Waals surface area contributed by atoms with Gasteiger partial charge in [-0.2, -0.15) is 0 Å². The molecule has 3 N–H and O–H groups in total. The SMILES string of the molecule is Cl.NC(CNC(=O)C1C2C3CCC(C3)C12)C1CC1. The first-order valence-electron chi connectivity index (χ1n) is 7.29. The van der Waals surface area contributed by atoms with Crippen LogP contribution in [-0.2, 0) is 4.79 Å². The summed E-state index contributed by atoms with van der Waals surface area (Å²) in [5.41, 5.74) is 6.02. The third-order valence-corrected chi connectivity index (χ3v) is 5.78. The molecule has 3 nitrogen and oxygen atoms in total. The number of halogens is 1. The van der Waals surface area contributed by atoms with Crippen LogP contribution < -0.4 is 11.1 Å². The molecule has 0 aromatic heterocycles. The molecule has 1 amide bonds. The van der Waals surface area contributed by atoms with Crippen LogP contribution in [-0.4, -0.2) is 18.5 Å². The summed E-state index contributed by atoms with van der Waals surface area (Å²) in [6, 6.07) is 0.203. The molecular weight excluding hydrogens is 248 g/mol. The van der Waals surface area contributed by atoms with E-state index < -0.39 is 0 Å². The van der Waals surface area contributed by atoms with Gasteiger partial charge < -0.3 is 11.1 Å². The van der Waals surface area contributed by atoms with E-state index in [4.69, 9.17) is 5.73 Å². The van der Waals surface area contributed by atoms with Crippen molar-refractivity contribution in [2.45, 2.75) is 38.1 Å². The van der Waals surface area contributed by atoms with Gasteiger partial charge in [0.1, 0.15) is 0 Å². The van der Waals surface area contributed by atoms with E-state index in [2.05, 4.69) is 5.32 Å². The molecule has 102 valence electrons. The summed E-state index contributed by atoms with van der Waals surface area (Å²) in [6.07, 6.45) is 6.71. The largest absolute Gasteiger partial charge is 0.354 e. The van der Waals surface area contributed by atoms with E-state index in [1.165, 1.54) is 32.1 Å². The minimum absolute atomic E-state index is 0. The van der Waals surface area contributed by atoms with Gasteiger partial charge >= 0.3 is 0 Å². The molecule has 0 radical (unpaired) electrons. The van der Waals surface area contributed by atoms with Crippen molar-refractivity contribution in [2.75, 3.05) is 6.54 Å². The molecule has 0 aliphatic heterocycles. The van der Waals surface area contributed by atoms with Crippen LogP contribution >= 0.6 is 12.4 Å². The summed E-state index contributed by atoms with van der Waals surface area (Å²) in [5, 5.41) is 3.10.